The maximum absolute atomic E-state index is 3.61. The fourth-order valence-corrected chi connectivity index (χ4v) is 3.36. The molecule has 1 atom stereocenters. The quantitative estimate of drug-likeness (QED) is 0.621. The van der Waals surface area contributed by atoms with Gasteiger partial charge >= 0.3 is 0 Å². The molecule has 0 amide bonds. The molecule has 0 spiro atoms. The normalized spacial score (nSPS) is 12.2. The first-order valence-electron chi connectivity index (χ1n) is 6.94. The Bertz CT molecular complexity index is 564. The Morgan fingerprint density at radius 3 is 2.25 bits per heavy atom. The zero-order valence-corrected chi connectivity index (χ0v) is 15.0. The zero-order valence-electron chi connectivity index (χ0n) is 11.8. The van der Waals surface area contributed by atoms with Crippen LogP contribution in [0.5, 0.6) is 0 Å². The molecule has 1 unspecified atom stereocenters. The summed E-state index contributed by atoms with van der Waals surface area (Å²) in [5.41, 5.74) is 3.84. The van der Waals surface area contributed by atoms with E-state index in [4.69, 9.17) is 0 Å². The van der Waals surface area contributed by atoms with Gasteiger partial charge in [0, 0.05) is 14.6 Å². The van der Waals surface area contributed by atoms with E-state index in [0.29, 0.717) is 6.04 Å². The minimum Gasteiger partial charge on any atom is -0.377 e. The summed E-state index contributed by atoms with van der Waals surface area (Å²) >= 11 is 7.09. The van der Waals surface area contributed by atoms with E-state index in [1.165, 1.54) is 11.1 Å². The second kappa shape index (κ2) is 7.28. The molecule has 106 valence electrons. The summed E-state index contributed by atoms with van der Waals surface area (Å²) in [6.07, 6.45) is 2.14. The van der Waals surface area contributed by atoms with E-state index in [9.17, 15) is 0 Å². The van der Waals surface area contributed by atoms with Crippen LogP contribution in [-0.4, -0.2) is 0 Å². The first kappa shape index (κ1) is 15.6. The maximum atomic E-state index is 3.61. The van der Waals surface area contributed by atoms with Crippen LogP contribution in [0.25, 0.3) is 0 Å². The van der Waals surface area contributed by atoms with E-state index in [-0.39, 0.29) is 0 Å². The Balaban J connectivity index is 2.19. The van der Waals surface area contributed by atoms with E-state index < -0.39 is 0 Å². The average molecular weight is 397 g/mol. The van der Waals surface area contributed by atoms with Crippen LogP contribution in [0.15, 0.2) is 51.4 Å². The average Bonchev–Trinajstić information content (AvgIpc) is 2.47. The van der Waals surface area contributed by atoms with Crippen LogP contribution in [0.1, 0.15) is 37.4 Å². The highest BCUT2D eigenvalue weighted by Gasteiger charge is 2.10. The molecule has 0 saturated carbocycles. The molecular weight excluding hydrogens is 378 g/mol. The molecule has 1 nitrogen and oxygen atoms in total. The van der Waals surface area contributed by atoms with Gasteiger partial charge in [-0.1, -0.05) is 54.0 Å². The van der Waals surface area contributed by atoms with Crippen LogP contribution < -0.4 is 5.32 Å². The molecule has 0 heterocycles. The Morgan fingerprint density at radius 1 is 1.00 bits per heavy atom. The number of nitrogens with one attached hydrogen (secondary N) is 1. The fraction of sp³-hybridized carbons (Fsp3) is 0.294. The van der Waals surface area contributed by atoms with Crippen molar-refractivity contribution in [3.8, 4) is 0 Å². The lowest BCUT2D eigenvalue weighted by molar-refractivity contribution is 0.748. The first-order chi connectivity index (χ1) is 9.63. The lowest BCUT2D eigenvalue weighted by Crippen LogP contribution is -2.10. The third kappa shape index (κ3) is 3.86. The molecule has 0 aliphatic heterocycles. The highest BCUT2D eigenvalue weighted by Crippen LogP contribution is 2.30. The molecule has 2 rings (SSSR count). The zero-order chi connectivity index (χ0) is 14.5. The van der Waals surface area contributed by atoms with Crippen LogP contribution >= 0.6 is 31.9 Å². The van der Waals surface area contributed by atoms with E-state index in [1.54, 1.807) is 0 Å². The molecule has 1 N–H and O–H groups in total. The third-order valence-electron chi connectivity index (χ3n) is 3.46. The predicted octanol–water partition coefficient (Wildman–Crippen LogP) is 6.34. The minimum absolute atomic E-state index is 0.332. The van der Waals surface area contributed by atoms with Crippen molar-refractivity contribution in [1.29, 1.82) is 0 Å². The second-order valence-electron chi connectivity index (χ2n) is 4.82. The third-order valence-corrected chi connectivity index (χ3v) is 4.61. The lowest BCUT2D eigenvalue weighted by Gasteiger charge is -2.20. The van der Waals surface area contributed by atoms with Crippen LogP contribution in [0.3, 0.4) is 0 Å². The molecule has 0 saturated heterocycles. The molecule has 2 aromatic carbocycles. The summed E-state index contributed by atoms with van der Waals surface area (Å²) in [6.45, 7) is 4.39. The number of anilines is 1. The molecule has 0 aliphatic rings. The van der Waals surface area contributed by atoms with Crippen molar-refractivity contribution in [1.82, 2.24) is 0 Å². The van der Waals surface area contributed by atoms with Crippen molar-refractivity contribution < 1.29 is 0 Å². The van der Waals surface area contributed by atoms with Gasteiger partial charge in [0.25, 0.3) is 0 Å². The van der Waals surface area contributed by atoms with Crippen LogP contribution in [-0.2, 0) is 6.42 Å². The second-order valence-corrected chi connectivity index (χ2v) is 6.59. The van der Waals surface area contributed by atoms with Gasteiger partial charge in [0.05, 0.1) is 6.04 Å². The number of benzene rings is 2. The molecule has 0 aliphatic carbocycles. The molecular formula is C17H19Br2N. The highest BCUT2D eigenvalue weighted by molar-refractivity contribution is 9.11. The monoisotopic (exact) mass is 395 g/mol. The Labute approximate surface area is 138 Å². The molecule has 0 fully saturated rings. The predicted molar refractivity (Wildman–Crippen MR) is 94.3 cm³/mol. The van der Waals surface area contributed by atoms with Crippen LogP contribution in [0.4, 0.5) is 5.69 Å². The summed E-state index contributed by atoms with van der Waals surface area (Å²) in [5, 5.41) is 3.61. The SMILES string of the molecule is CCc1ccc(C(CC)Nc2ccc(Br)cc2Br)cc1. The summed E-state index contributed by atoms with van der Waals surface area (Å²) in [6, 6.07) is 15.4. The number of rotatable bonds is 5. The van der Waals surface area contributed by atoms with Crippen LogP contribution in [0.2, 0.25) is 0 Å². The van der Waals surface area contributed by atoms with Crippen molar-refractivity contribution in [2.45, 2.75) is 32.7 Å². The molecule has 2 aromatic rings. The maximum Gasteiger partial charge on any atom is 0.0511 e. The van der Waals surface area contributed by atoms with Crippen LogP contribution in [0, 0.1) is 0 Å². The van der Waals surface area contributed by atoms with Gasteiger partial charge in [0.2, 0.25) is 0 Å². The number of hydrogen-bond acceptors (Lipinski definition) is 1. The molecule has 3 heteroatoms. The lowest BCUT2D eigenvalue weighted by atomic mass is 10.0. The fourth-order valence-electron chi connectivity index (χ4n) is 2.20. The van der Waals surface area contributed by atoms with E-state index >= 15 is 0 Å². The van der Waals surface area contributed by atoms with E-state index in [2.05, 4.69) is 93.5 Å². The smallest absolute Gasteiger partial charge is 0.0511 e. The molecule has 0 bridgehead atoms. The number of aryl methyl sites for hydroxylation is 1. The van der Waals surface area contributed by atoms with Crippen molar-refractivity contribution in [3.63, 3.8) is 0 Å². The first-order valence-corrected chi connectivity index (χ1v) is 8.53. The molecule has 0 aromatic heterocycles. The Hall–Kier alpha value is -0.800. The standard InChI is InChI=1S/C17H19Br2N/c1-3-12-5-7-13(8-6-12)16(4-2)20-17-10-9-14(18)11-15(17)19/h5-11,16,20H,3-4H2,1-2H3. The summed E-state index contributed by atoms with van der Waals surface area (Å²) in [7, 11) is 0. The Morgan fingerprint density at radius 2 is 1.70 bits per heavy atom. The Kier molecular flexibility index (Phi) is 5.67. The van der Waals surface area contributed by atoms with Crippen molar-refractivity contribution in [3.05, 3.63) is 62.5 Å². The van der Waals surface area contributed by atoms with E-state index in [1.807, 2.05) is 0 Å². The van der Waals surface area contributed by atoms with Gasteiger partial charge in [-0.3, -0.25) is 0 Å². The number of hydrogen-bond donors (Lipinski definition) is 1. The van der Waals surface area contributed by atoms with Crippen molar-refractivity contribution in [2.75, 3.05) is 5.32 Å². The summed E-state index contributed by atoms with van der Waals surface area (Å²) in [4.78, 5) is 0. The van der Waals surface area contributed by atoms with Crippen molar-refractivity contribution >= 4 is 37.5 Å². The number of halogens is 2. The van der Waals surface area contributed by atoms with Crippen molar-refractivity contribution in [2.24, 2.45) is 0 Å². The highest BCUT2D eigenvalue weighted by atomic mass is 79.9. The van der Waals surface area contributed by atoms with Gasteiger partial charge < -0.3 is 5.32 Å². The topological polar surface area (TPSA) is 12.0 Å². The van der Waals surface area contributed by atoms with E-state index in [0.717, 1.165) is 27.5 Å². The summed E-state index contributed by atoms with van der Waals surface area (Å²) in [5.74, 6) is 0. The molecule has 20 heavy (non-hydrogen) atoms. The van der Waals surface area contributed by atoms with Gasteiger partial charge in [-0.25, -0.2) is 0 Å². The summed E-state index contributed by atoms with van der Waals surface area (Å²) < 4.78 is 2.16. The van der Waals surface area contributed by atoms with Gasteiger partial charge in [-0.05, 0) is 58.1 Å². The minimum atomic E-state index is 0.332. The largest absolute Gasteiger partial charge is 0.377 e. The van der Waals surface area contributed by atoms with Gasteiger partial charge in [-0.2, -0.15) is 0 Å². The van der Waals surface area contributed by atoms with Gasteiger partial charge in [0.1, 0.15) is 0 Å². The van der Waals surface area contributed by atoms with Gasteiger partial charge in [0.15, 0.2) is 0 Å². The van der Waals surface area contributed by atoms with Gasteiger partial charge in [-0.15, -0.1) is 0 Å². The molecule has 0 radical (unpaired) electrons.